The Balaban J connectivity index is 1.84. The minimum Gasteiger partial charge on any atom is -0.313 e. The molecule has 1 heterocycles. The van der Waals surface area contributed by atoms with Crippen LogP contribution in [0.25, 0.3) is 0 Å². The summed E-state index contributed by atoms with van der Waals surface area (Å²) in [5.74, 6) is 1.64. The Hall–Kier alpha value is -0.820. The average molecular weight is 215 g/mol. The van der Waals surface area contributed by atoms with Crippen LogP contribution in [0.3, 0.4) is 0 Å². The van der Waals surface area contributed by atoms with E-state index >= 15 is 0 Å². The van der Waals surface area contributed by atoms with E-state index in [1.54, 1.807) is 11.1 Å². The third kappa shape index (κ3) is 1.89. The van der Waals surface area contributed by atoms with Gasteiger partial charge in [0.2, 0.25) is 0 Å². The van der Waals surface area contributed by atoms with Crippen molar-refractivity contribution in [2.75, 3.05) is 6.54 Å². The summed E-state index contributed by atoms with van der Waals surface area (Å²) in [7, 11) is 0. The van der Waals surface area contributed by atoms with Crippen LogP contribution < -0.4 is 5.32 Å². The highest BCUT2D eigenvalue weighted by molar-refractivity contribution is 5.32. The van der Waals surface area contributed by atoms with Crippen LogP contribution >= 0.6 is 0 Å². The van der Waals surface area contributed by atoms with Crippen molar-refractivity contribution in [2.24, 2.45) is 0 Å². The first-order chi connectivity index (χ1) is 7.88. The number of nitrogens with one attached hydrogen (secondary N) is 1. The lowest BCUT2D eigenvalue weighted by Gasteiger charge is -2.19. The topological polar surface area (TPSA) is 12.0 Å². The van der Waals surface area contributed by atoms with E-state index in [-0.39, 0.29) is 0 Å². The quantitative estimate of drug-likeness (QED) is 0.814. The van der Waals surface area contributed by atoms with Crippen molar-refractivity contribution in [1.82, 2.24) is 5.32 Å². The Labute approximate surface area is 98.3 Å². The molecule has 1 aromatic rings. The molecule has 2 unspecified atom stereocenters. The van der Waals surface area contributed by atoms with Gasteiger partial charge in [0.25, 0.3) is 0 Å². The lowest BCUT2D eigenvalue weighted by molar-refractivity contribution is 0.531. The van der Waals surface area contributed by atoms with Crippen LogP contribution in [0.5, 0.6) is 0 Å². The zero-order chi connectivity index (χ0) is 11.0. The van der Waals surface area contributed by atoms with E-state index in [1.807, 2.05) is 0 Å². The summed E-state index contributed by atoms with van der Waals surface area (Å²) in [5, 5.41) is 3.62. The number of benzene rings is 1. The van der Waals surface area contributed by atoms with Gasteiger partial charge in [-0.25, -0.2) is 0 Å². The summed E-state index contributed by atoms with van der Waals surface area (Å²) < 4.78 is 0. The van der Waals surface area contributed by atoms with Crippen LogP contribution in [0, 0.1) is 0 Å². The molecule has 0 bridgehead atoms. The standard InChI is InChI=1S/C15H21N/c1-2-15-14(8-9-16-15)13-5-3-4-12(10-13)11-6-7-11/h3-5,10-11,14-16H,2,6-9H2,1H3. The summed E-state index contributed by atoms with van der Waals surface area (Å²) in [6.07, 6.45) is 5.37. The summed E-state index contributed by atoms with van der Waals surface area (Å²) in [6.45, 7) is 3.48. The maximum Gasteiger partial charge on any atom is 0.0134 e. The molecule has 86 valence electrons. The predicted molar refractivity (Wildman–Crippen MR) is 67.9 cm³/mol. The van der Waals surface area contributed by atoms with E-state index in [9.17, 15) is 0 Å². The van der Waals surface area contributed by atoms with Crippen molar-refractivity contribution in [3.63, 3.8) is 0 Å². The Bertz CT molecular complexity index is 367. The third-order valence-electron chi connectivity index (χ3n) is 4.17. The summed E-state index contributed by atoms with van der Waals surface area (Å²) in [6, 6.07) is 10.1. The van der Waals surface area contributed by atoms with Crippen molar-refractivity contribution in [1.29, 1.82) is 0 Å². The van der Waals surface area contributed by atoms with E-state index in [0.717, 1.165) is 11.8 Å². The molecule has 0 amide bonds. The molecule has 0 radical (unpaired) electrons. The van der Waals surface area contributed by atoms with Gasteiger partial charge in [-0.1, -0.05) is 31.2 Å². The molecule has 1 aliphatic carbocycles. The van der Waals surface area contributed by atoms with E-state index < -0.39 is 0 Å². The van der Waals surface area contributed by atoms with Crippen LogP contribution in [0.4, 0.5) is 0 Å². The normalized spacial score (nSPS) is 29.6. The fourth-order valence-corrected chi connectivity index (χ4v) is 3.06. The Morgan fingerprint density at radius 3 is 2.75 bits per heavy atom. The van der Waals surface area contributed by atoms with Crippen molar-refractivity contribution in [3.8, 4) is 0 Å². The molecule has 2 aliphatic rings. The lowest BCUT2D eigenvalue weighted by atomic mass is 9.89. The smallest absolute Gasteiger partial charge is 0.0134 e. The fraction of sp³-hybridized carbons (Fsp3) is 0.600. The van der Waals surface area contributed by atoms with Crippen LogP contribution in [-0.2, 0) is 0 Å². The monoisotopic (exact) mass is 215 g/mol. The molecule has 1 aromatic carbocycles. The second-order valence-electron chi connectivity index (χ2n) is 5.31. The first-order valence-electron chi connectivity index (χ1n) is 6.71. The molecule has 1 aliphatic heterocycles. The van der Waals surface area contributed by atoms with Gasteiger partial charge in [-0.05, 0) is 49.3 Å². The number of hydrogen-bond donors (Lipinski definition) is 1. The second kappa shape index (κ2) is 4.21. The Morgan fingerprint density at radius 1 is 1.19 bits per heavy atom. The zero-order valence-corrected chi connectivity index (χ0v) is 10.1. The molecule has 1 nitrogen and oxygen atoms in total. The molecule has 1 saturated carbocycles. The molecule has 2 atom stereocenters. The summed E-state index contributed by atoms with van der Waals surface area (Å²) in [5.41, 5.74) is 3.15. The highest BCUT2D eigenvalue weighted by atomic mass is 14.9. The van der Waals surface area contributed by atoms with Crippen LogP contribution in [0.2, 0.25) is 0 Å². The molecule has 1 heteroatoms. The zero-order valence-electron chi connectivity index (χ0n) is 10.1. The molecule has 1 N–H and O–H groups in total. The Kier molecular flexibility index (Phi) is 2.72. The van der Waals surface area contributed by atoms with Gasteiger partial charge in [-0.2, -0.15) is 0 Å². The van der Waals surface area contributed by atoms with Gasteiger partial charge in [0.15, 0.2) is 0 Å². The first kappa shape index (κ1) is 10.3. The molecule has 2 fully saturated rings. The van der Waals surface area contributed by atoms with Crippen molar-refractivity contribution >= 4 is 0 Å². The van der Waals surface area contributed by atoms with Gasteiger partial charge in [0, 0.05) is 12.0 Å². The predicted octanol–water partition coefficient (Wildman–Crippen LogP) is 3.42. The minimum atomic E-state index is 0.703. The van der Waals surface area contributed by atoms with E-state index in [4.69, 9.17) is 0 Å². The average Bonchev–Trinajstić information content (AvgIpc) is 3.07. The summed E-state index contributed by atoms with van der Waals surface area (Å²) >= 11 is 0. The number of rotatable bonds is 3. The van der Waals surface area contributed by atoms with Gasteiger partial charge in [-0.3, -0.25) is 0 Å². The number of hydrogen-bond acceptors (Lipinski definition) is 1. The van der Waals surface area contributed by atoms with Gasteiger partial charge in [0.1, 0.15) is 0 Å². The maximum atomic E-state index is 3.62. The van der Waals surface area contributed by atoms with Crippen molar-refractivity contribution in [3.05, 3.63) is 35.4 Å². The van der Waals surface area contributed by atoms with Crippen LogP contribution in [-0.4, -0.2) is 12.6 Å². The SMILES string of the molecule is CCC1NCCC1c1cccc(C2CC2)c1. The minimum absolute atomic E-state index is 0.703. The fourth-order valence-electron chi connectivity index (χ4n) is 3.06. The van der Waals surface area contributed by atoms with Crippen LogP contribution in [0.1, 0.15) is 55.6 Å². The second-order valence-corrected chi connectivity index (χ2v) is 5.31. The van der Waals surface area contributed by atoms with E-state index in [1.165, 1.54) is 32.2 Å². The van der Waals surface area contributed by atoms with Gasteiger partial charge in [-0.15, -0.1) is 0 Å². The van der Waals surface area contributed by atoms with E-state index in [0.29, 0.717) is 6.04 Å². The molecule has 0 aromatic heterocycles. The third-order valence-corrected chi connectivity index (χ3v) is 4.17. The largest absolute Gasteiger partial charge is 0.313 e. The lowest BCUT2D eigenvalue weighted by Crippen LogP contribution is -2.24. The molecule has 1 saturated heterocycles. The van der Waals surface area contributed by atoms with Crippen molar-refractivity contribution < 1.29 is 0 Å². The highest BCUT2D eigenvalue weighted by Crippen LogP contribution is 2.41. The van der Waals surface area contributed by atoms with Gasteiger partial charge in [0.05, 0.1) is 0 Å². The maximum absolute atomic E-state index is 3.62. The van der Waals surface area contributed by atoms with Crippen molar-refractivity contribution in [2.45, 2.75) is 50.5 Å². The molecular formula is C15H21N. The molecular weight excluding hydrogens is 194 g/mol. The van der Waals surface area contributed by atoms with Gasteiger partial charge < -0.3 is 5.32 Å². The molecule has 16 heavy (non-hydrogen) atoms. The molecule has 0 spiro atoms. The summed E-state index contributed by atoms with van der Waals surface area (Å²) in [4.78, 5) is 0. The van der Waals surface area contributed by atoms with Crippen LogP contribution in [0.15, 0.2) is 24.3 Å². The molecule has 3 rings (SSSR count). The first-order valence-corrected chi connectivity index (χ1v) is 6.71. The van der Waals surface area contributed by atoms with Gasteiger partial charge >= 0.3 is 0 Å². The Morgan fingerprint density at radius 2 is 2.00 bits per heavy atom. The highest BCUT2D eigenvalue weighted by Gasteiger charge is 2.28. The van der Waals surface area contributed by atoms with E-state index in [2.05, 4.69) is 36.5 Å².